The van der Waals surface area contributed by atoms with Crippen molar-refractivity contribution in [3.05, 3.63) is 53.9 Å². The van der Waals surface area contributed by atoms with Gasteiger partial charge in [0.05, 0.1) is 24.8 Å². The van der Waals surface area contributed by atoms with Crippen LogP contribution in [0.2, 0.25) is 0 Å². The maximum atomic E-state index is 11.4. The largest absolute Gasteiger partial charge is 0.497 e. The van der Waals surface area contributed by atoms with Gasteiger partial charge >= 0.3 is 0 Å². The number of fused-ring (bicyclic) bond motifs is 1. The van der Waals surface area contributed by atoms with Crippen molar-refractivity contribution in [1.29, 1.82) is 0 Å². The number of carbonyl (C=O) groups excluding carboxylic acids is 1. The quantitative estimate of drug-likeness (QED) is 0.200. The predicted molar refractivity (Wildman–Crippen MR) is 145 cm³/mol. The third-order valence-electron chi connectivity index (χ3n) is 5.99. The molecule has 2 aromatic carbocycles. The third kappa shape index (κ3) is 10.5. The number of aromatic amines is 1. The lowest BCUT2D eigenvalue weighted by Crippen LogP contribution is -2.17. The number of nitrogens with one attached hydrogen (secondary N) is 2. The van der Waals surface area contributed by atoms with Crippen molar-refractivity contribution < 1.29 is 14.3 Å². The molecular formula is C29H43N3O3. The van der Waals surface area contributed by atoms with E-state index in [-0.39, 0.29) is 5.78 Å². The van der Waals surface area contributed by atoms with Gasteiger partial charge in [0, 0.05) is 13.0 Å². The van der Waals surface area contributed by atoms with Crippen LogP contribution in [0, 0.1) is 5.92 Å². The van der Waals surface area contributed by atoms with Gasteiger partial charge < -0.3 is 19.8 Å². The van der Waals surface area contributed by atoms with Gasteiger partial charge in [-0.05, 0) is 80.9 Å². The summed E-state index contributed by atoms with van der Waals surface area (Å²) in [6, 6.07) is 13.7. The Morgan fingerprint density at radius 3 is 2.60 bits per heavy atom. The first-order valence-electron chi connectivity index (χ1n) is 12.9. The normalized spacial score (nSPS) is 11.6. The van der Waals surface area contributed by atoms with E-state index in [1.807, 2.05) is 30.3 Å². The van der Waals surface area contributed by atoms with E-state index in [9.17, 15) is 4.79 Å². The molecule has 0 saturated heterocycles. The molecule has 6 heteroatoms. The number of carbonyl (C=O) groups is 1. The number of methoxy groups -OCH3 is 1. The molecule has 0 spiro atoms. The minimum Gasteiger partial charge on any atom is -0.497 e. The van der Waals surface area contributed by atoms with Crippen molar-refractivity contribution in [2.24, 2.45) is 5.92 Å². The van der Waals surface area contributed by atoms with Crippen molar-refractivity contribution >= 4 is 16.8 Å². The summed E-state index contributed by atoms with van der Waals surface area (Å²) in [7, 11) is 1.65. The molecule has 0 aliphatic rings. The summed E-state index contributed by atoms with van der Waals surface area (Å²) in [5, 5.41) is 3.40. The predicted octanol–water partition coefficient (Wildman–Crippen LogP) is 6.60. The molecule has 0 saturated carbocycles. The molecule has 2 N–H and O–H groups in total. The highest BCUT2D eigenvalue weighted by atomic mass is 16.5. The second-order valence-electron chi connectivity index (χ2n) is 9.03. The first-order chi connectivity index (χ1) is 17.0. The number of rotatable bonds is 14. The topological polar surface area (TPSA) is 76.2 Å². The number of nitrogens with zero attached hydrogens (tertiary/aromatic N) is 1. The zero-order chi connectivity index (χ0) is 25.5. The molecule has 0 amide bonds. The van der Waals surface area contributed by atoms with Crippen LogP contribution in [0.15, 0.2) is 42.5 Å². The summed E-state index contributed by atoms with van der Waals surface area (Å²) < 4.78 is 10.9. The van der Waals surface area contributed by atoms with Crippen LogP contribution < -0.4 is 14.8 Å². The summed E-state index contributed by atoms with van der Waals surface area (Å²) in [6.45, 7) is 11.3. The van der Waals surface area contributed by atoms with E-state index in [1.54, 1.807) is 7.11 Å². The zero-order valence-corrected chi connectivity index (χ0v) is 22.2. The van der Waals surface area contributed by atoms with Crippen LogP contribution in [0.4, 0.5) is 0 Å². The van der Waals surface area contributed by atoms with Crippen LogP contribution in [-0.4, -0.2) is 42.6 Å². The molecule has 3 rings (SSSR count). The van der Waals surface area contributed by atoms with Gasteiger partial charge in [0.1, 0.15) is 11.5 Å². The standard InChI is InChI=1S/C20H22N2O3.C9H21N/c1-14(23)20-21-18-10-9-15(12-19(18)22-20)6-3-4-11-25-17-8-5-7-16(13-17)24-2;1-4-7-10-8-6-9(3)5-2/h5,7-10,12-13H,3-4,6,11H2,1-2H3,(H,21,22);9-10H,4-8H2,1-3H3. The highest BCUT2D eigenvalue weighted by molar-refractivity contribution is 5.94. The molecule has 1 aromatic heterocycles. The second kappa shape index (κ2) is 15.9. The SMILES string of the molecule is CCCNCCC(C)CC.COc1cccc(OCCCCc2ccc3nc(C(C)=O)[nH]c3c2)c1. The number of aryl methyl sites for hydroxylation is 1. The molecule has 0 fully saturated rings. The van der Waals surface area contributed by atoms with E-state index in [4.69, 9.17) is 9.47 Å². The van der Waals surface area contributed by atoms with Gasteiger partial charge in [-0.3, -0.25) is 4.79 Å². The molecule has 1 atom stereocenters. The maximum absolute atomic E-state index is 11.4. The number of H-pyrrole nitrogens is 1. The molecule has 0 bridgehead atoms. The molecular weight excluding hydrogens is 438 g/mol. The van der Waals surface area contributed by atoms with Crippen molar-refractivity contribution in [2.45, 2.75) is 66.2 Å². The van der Waals surface area contributed by atoms with Crippen LogP contribution in [0.1, 0.15) is 76.0 Å². The minimum absolute atomic E-state index is 0.0487. The molecule has 1 unspecified atom stereocenters. The number of imidazole rings is 1. The lowest BCUT2D eigenvalue weighted by atomic mass is 10.1. The number of benzene rings is 2. The highest BCUT2D eigenvalue weighted by Crippen LogP contribution is 2.19. The van der Waals surface area contributed by atoms with Crippen LogP contribution in [0.5, 0.6) is 11.5 Å². The van der Waals surface area contributed by atoms with Gasteiger partial charge in [-0.2, -0.15) is 0 Å². The highest BCUT2D eigenvalue weighted by Gasteiger charge is 2.07. The summed E-state index contributed by atoms with van der Waals surface area (Å²) in [4.78, 5) is 18.7. The molecule has 3 aromatic rings. The van der Waals surface area contributed by atoms with E-state index in [0.717, 1.165) is 47.7 Å². The van der Waals surface area contributed by atoms with Gasteiger partial charge in [-0.1, -0.05) is 39.3 Å². The second-order valence-corrected chi connectivity index (χ2v) is 9.03. The van der Waals surface area contributed by atoms with E-state index < -0.39 is 0 Å². The van der Waals surface area contributed by atoms with E-state index >= 15 is 0 Å². The Morgan fingerprint density at radius 2 is 1.89 bits per heavy atom. The van der Waals surface area contributed by atoms with Crippen LogP contribution in [-0.2, 0) is 6.42 Å². The Bertz CT molecular complexity index is 1020. The number of unbranched alkanes of at least 4 members (excludes halogenated alkanes) is 1. The average Bonchev–Trinajstić information content (AvgIpc) is 3.31. The average molecular weight is 482 g/mol. The Labute approximate surface area is 210 Å². The Kier molecular flexibility index (Phi) is 12.9. The number of ketones is 1. The van der Waals surface area contributed by atoms with E-state index in [1.165, 1.54) is 44.8 Å². The van der Waals surface area contributed by atoms with Crippen molar-refractivity contribution in [2.75, 3.05) is 26.8 Å². The molecule has 0 radical (unpaired) electrons. The summed E-state index contributed by atoms with van der Waals surface area (Å²) in [5.41, 5.74) is 2.97. The summed E-state index contributed by atoms with van der Waals surface area (Å²) >= 11 is 0. The number of hydrogen-bond acceptors (Lipinski definition) is 5. The Morgan fingerprint density at radius 1 is 1.09 bits per heavy atom. The number of Topliss-reactive ketones (excluding diaryl/α,β-unsaturated/α-hetero) is 1. The van der Waals surface area contributed by atoms with Gasteiger partial charge in [-0.25, -0.2) is 4.98 Å². The van der Waals surface area contributed by atoms with Crippen LogP contribution in [0.3, 0.4) is 0 Å². The fourth-order valence-corrected chi connectivity index (χ4v) is 3.55. The van der Waals surface area contributed by atoms with Gasteiger partial charge in [0.2, 0.25) is 0 Å². The van der Waals surface area contributed by atoms with Crippen LogP contribution in [0.25, 0.3) is 11.0 Å². The van der Waals surface area contributed by atoms with Crippen LogP contribution >= 0.6 is 0 Å². The van der Waals surface area contributed by atoms with Gasteiger partial charge in [-0.15, -0.1) is 0 Å². The van der Waals surface area contributed by atoms with E-state index in [2.05, 4.69) is 48.2 Å². The first kappa shape index (κ1) is 28.4. The molecule has 35 heavy (non-hydrogen) atoms. The third-order valence-corrected chi connectivity index (χ3v) is 5.99. The fourth-order valence-electron chi connectivity index (χ4n) is 3.55. The molecule has 0 aliphatic carbocycles. The lowest BCUT2D eigenvalue weighted by Gasteiger charge is -2.07. The fraction of sp³-hybridized carbons (Fsp3) is 0.517. The van der Waals surface area contributed by atoms with Gasteiger partial charge in [0.25, 0.3) is 0 Å². The zero-order valence-electron chi connectivity index (χ0n) is 22.2. The van der Waals surface area contributed by atoms with Gasteiger partial charge in [0.15, 0.2) is 11.6 Å². The number of hydrogen-bond donors (Lipinski definition) is 2. The Balaban J connectivity index is 0.000000367. The molecule has 6 nitrogen and oxygen atoms in total. The monoisotopic (exact) mass is 481 g/mol. The van der Waals surface area contributed by atoms with Crippen molar-refractivity contribution in [3.8, 4) is 11.5 Å². The lowest BCUT2D eigenvalue weighted by molar-refractivity contribution is 0.100. The van der Waals surface area contributed by atoms with Crippen molar-refractivity contribution in [1.82, 2.24) is 15.3 Å². The van der Waals surface area contributed by atoms with Crippen molar-refractivity contribution in [3.63, 3.8) is 0 Å². The Hall–Kier alpha value is -2.86. The maximum Gasteiger partial charge on any atom is 0.195 e. The number of aromatic nitrogens is 2. The number of ether oxygens (including phenoxy) is 2. The first-order valence-corrected chi connectivity index (χ1v) is 12.9. The summed E-state index contributed by atoms with van der Waals surface area (Å²) in [5.74, 6) is 2.89. The molecule has 0 aliphatic heterocycles. The summed E-state index contributed by atoms with van der Waals surface area (Å²) in [6.07, 6.45) is 6.86. The molecule has 1 heterocycles. The smallest absolute Gasteiger partial charge is 0.195 e. The molecule has 192 valence electrons. The minimum atomic E-state index is -0.0487. The van der Waals surface area contributed by atoms with E-state index in [0.29, 0.717) is 12.4 Å².